The summed E-state index contributed by atoms with van der Waals surface area (Å²) in [6.07, 6.45) is 7.05. The number of halogens is 1. The molecular formula is C16H22BrN3. The third-order valence-electron chi connectivity index (χ3n) is 3.47. The average Bonchev–Trinajstić information content (AvgIpc) is 2.84. The Kier molecular flexibility index (Phi) is 5.80. The number of benzene rings is 1. The first-order valence-corrected chi connectivity index (χ1v) is 7.95. The molecule has 0 bridgehead atoms. The second-order valence-electron chi connectivity index (χ2n) is 5.05. The molecule has 1 atom stereocenters. The third kappa shape index (κ3) is 4.18. The van der Waals surface area contributed by atoms with Gasteiger partial charge < -0.3 is 9.88 Å². The molecule has 2 rings (SSSR count). The van der Waals surface area contributed by atoms with Crippen molar-refractivity contribution in [2.45, 2.75) is 32.2 Å². The number of imidazole rings is 1. The molecule has 20 heavy (non-hydrogen) atoms. The Hall–Kier alpha value is -1.13. The highest BCUT2D eigenvalue weighted by molar-refractivity contribution is 9.10. The van der Waals surface area contributed by atoms with E-state index in [2.05, 4.69) is 69.0 Å². The molecule has 0 aliphatic carbocycles. The zero-order valence-electron chi connectivity index (χ0n) is 12.1. The molecule has 3 nitrogen and oxygen atoms in total. The summed E-state index contributed by atoms with van der Waals surface area (Å²) in [4.78, 5) is 4.41. The minimum absolute atomic E-state index is 0.379. The topological polar surface area (TPSA) is 29.9 Å². The van der Waals surface area contributed by atoms with Crippen LogP contribution in [0.15, 0.2) is 41.1 Å². The first kappa shape index (κ1) is 15.3. The minimum atomic E-state index is 0.379. The standard InChI is InChI=1S/C16H22BrN3/c1-3-9-18-15(13-5-4-6-14(17)12-13)7-8-16-19-10-11-20(16)2/h4-6,10-12,15,18H,3,7-9H2,1-2H3. The molecule has 108 valence electrons. The molecule has 0 radical (unpaired) electrons. The van der Waals surface area contributed by atoms with Crippen molar-refractivity contribution in [2.75, 3.05) is 6.54 Å². The lowest BCUT2D eigenvalue weighted by Gasteiger charge is -2.19. The molecule has 0 saturated heterocycles. The number of nitrogens with one attached hydrogen (secondary N) is 1. The van der Waals surface area contributed by atoms with Crippen molar-refractivity contribution in [1.29, 1.82) is 0 Å². The van der Waals surface area contributed by atoms with Crippen LogP contribution in [0.2, 0.25) is 0 Å². The van der Waals surface area contributed by atoms with Crippen molar-refractivity contribution in [2.24, 2.45) is 7.05 Å². The van der Waals surface area contributed by atoms with Gasteiger partial charge in [-0.25, -0.2) is 4.98 Å². The summed E-state index contributed by atoms with van der Waals surface area (Å²) < 4.78 is 3.23. The normalized spacial score (nSPS) is 12.6. The fourth-order valence-corrected chi connectivity index (χ4v) is 2.76. The molecular weight excluding hydrogens is 314 g/mol. The summed E-state index contributed by atoms with van der Waals surface area (Å²) in [5.41, 5.74) is 1.34. The van der Waals surface area contributed by atoms with E-state index in [1.807, 2.05) is 12.4 Å². The fraction of sp³-hybridized carbons (Fsp3) is 0.438. The molecule has 1 N–H and O–H groups in total. The molecule has 0 aliphatic rings. The van der Waals surface area contributed by atoms with Crippen LogP contribution >= 0.6 is 15.9 Å². The zero-order valence-corrected chi connectivity index (χ0v) is 13.7. The molecule has 1 heterocycles. The van der Waals surface area contributed by atoms with Crippen molar-refractivity contribution >= 4 is 15.9 Å². The van der Waals surface area contributed by atoms with Crippen molar-refractivity contribution in [3.05, 3.63) is 52.5 Å². The summed E-state index contributed by atoms with van der Waals surface area (Å²) in [7, 11) is 2.05. The highest BCUT2D eigenvalue weighted by Crippen LogP contribution is 2.22. The smallest absolute Gasteiger partial charge is 0.108 e. The molecule has 0 fully saturated rings. The summed E-state index contributed by atoms with van der Waals surface area (Å²) in [6, 6.07) is 8.94. The van der Waals surface area contributed by atoms with Crippen LogP contribution < -0.4 is 5.32 Å². The highest BCUT2D eigenvalue weighted by atomic mass is 79.9. The first-order chi connectivity index (χ1) is 9.70. The van der Waals surface area contributed by atoms with Gasteiger partial charge in [0.1, 0.15) is 5.82 Å². The molecule has 0 spiro atoms. The Morgan fingerprint density at radius 3 is 2.90 bits per heavy atom. The Balaban J connectivity index is 2.05. The van der Waals surface area contributed by atoms with Crippen LogP contribution in [-0.4, -0.2) is 16.1 Å². The predicted octanol–water partition coefficient (Wildman–Crippen LogP) is 3.86. The van der Waals surface area contributed by atoms with Crippen LogP contribution in [-0.2, 0) is 13.5 Å². The van der Waals surface area contributed by atoms with Crippen LogP contribution in [0, 0.1) is 0 Å². The third-order valence-corrected chi connectivity index (χ3v) is 3.96. The van der Waals surface area contributed by atoms with Gasteiger partial charge in [0.2, 0.25) is 0 Å². The van der Waals surface area contributed by atoms with Gasteiger partial charge >= 0.3 is 0 Å². The van der Waals surface area contributed by atoms with Gasteiger partial charge in [0.05, 0.1) is 0 Å². The number of aryl methyl sites for hydroxylation is 2. The van der Waals surface area contributed by atoms with E-state index in [0.717, 1.165) is 36.1 Å². The highest BCUT2D eigenvalue weighted by Gasteiger charge is 2.12. The number of aromatic nitrogens is 2. The van der Waals surface area contributed by atoms with Crippen molar-refractivity contribution in [1.82, 2.24) is 14.9 Å². The van der Waals surface area contributed by atoms with Gasteiger partial charge in [-0.1, -0.05) is 35.0 Å². The second-order valence-corrected chi connectivity index (χ2v) is 5.97. The quantitative estimate of drug-likeness (QED) is 0.832. The van der Waals surface area contributed by atoms with Gasteiger partial charge in [-0.2, -0.15) is 0 Å². The average molecular weight is 336 g/mol. The van der Waals surface area contributed by atoms with E-state index in [4.69, 9.17) is 0 Å². The monoisotopic (exact) mass is 335 g/mol. The molecule has 1 unspecified atom stereocenters. The summed E-state index contributed by atoms with van der Waals surface area (Å²) >= 11 is 3.56. The van der Waals surface area contributed by atoms with E-state index in [1.165, 1.54) is 5.56 Å². The van der Waals surface area contributed by atoms with E-state index in [1.54, 1.807) is 0 Å². The van der Waals surface area contributed by atoms with Gasteiger partial charge in [0.15, 0.2) is 0 Å². The van der Waals surface area contributed by atoms with Crippen LogP contribution in [0.25, 0.3) is 0 Å². The summed E-state index contributed by atoms with van der Waals surface area (Å²) in [5.74, 6) is 1.14. The lowest BCUT2D eigenvalue weighted by atomic mass is 10.0. The molecule has 4 heteroatoms. The predicted molar refractivity (Wildman–Crippen MR) is 86.7 cm³/mol. The number of hydrogen-bond acceptors (Lipinski definition) is 2. The van der Waals surface area contributed by atoms with Crippen molar-refractivity contribution < 1.29 is 0 Å². The lowest BCUT2D eigenvalue weighted by Crippen LogP contribution is -2.23. The van der Waals surface area contributed by atoms with E-state index in [0.29, 0.717) is 6.04 Å². The van der Waals surface area contributed by atoms with Gasteiger partial charge in [-0.05, 0) is 37.1 Å². The molecule has 0 aliphatic heterocycles. The molecule has 0 saturated carbocycles. The molecule has 0 amide bonds. The van der Waals surface area contributed by atoms with E-state index in [9.17, 15) is 0 Å². The van der Waals surface area contributed by atoms with E-state index in [-0.39, 0.29) is 0 Å². The number of hydrogen-bond donors (Lipinski definition) is 1. The van der Waals surface area contributed by atoms with Crippen LogP contribution in [0.5, 0.6) is 0 Å². The zero-order chi connectivity index (χ0) is 14.4. The van der Waals surface area contributed by atoms with Gasteiger partial charge in [-0.15, -0.1) is 0 Å². The number of nitrogens with zero attached hydrogens (tertiary/aromatic N) is 2. The maximum atomic E-state index is 4.41. The van der Waals surface area contributed by atoms with Gasteiger partial charge in [0.25, 0.3) is 0 Å². The maximum absolute atomic E-state index is 4.41. The Bertz CT molecular complexity index is 536. The maximum Gasteiger partial charge on any atom is 0.108 e. The molecule has 1 aromatic carbocycles. The van der Waals surface area contributed by atoms with Crippen LogP contribution in [0.3, 0.4) is 0 Å². The van der Waals surface area contributed by atoms with Crippen molar-refractivity contribution in [3.63, 3.8) is 0 Å². The second kappa shape index (κ2) is 7.60. The van der Waals surface area contributed by atoms with Crippen LogP contribution in [0.4, 0.5) is 0 Å². The van der Waals surface area contributed by atoms with Crippen LogP contribution in [0.1, 0.15) is 37.2 Å². The minimum Gasteiger partial charge on any atom is -0.338 e. The van der Waals surface area contributed by atoms with E-state index < -0.39 is 0 Å². The Morgan fingerprint density at radius 2 is 2.25 bits per heavy atom. The molecule has 1 aromatic heterocycles. The Labute approximate surface area is 129 Å². The largest absolute Gasteiger partial charge is 0.338 e. The fourth-order valence-electron chi connectivity index (χ4n) is 2.34. The van der Waals surface area contributed by atoms with Gasteiger partial charge in [0, 0.05) is 36.4 Å². The molecule has 2 aromatic rings. The van der Waals surface area contributed by atoms with Crippen molar-refractivity contribution in [3.8, 4) is 0 Å². The summed E-state index contributed by atoms with van der Waals surface area (Å²) in [6.45, 7) is 3.24. The first-order valence-electron chi connectivity index (χ1n) is 7.15. The number of rotatable bonds is 7. The Morgan fingerprint density at radius 1 is 1.40 bits per heavy atom. The lowest BCUT2D eigenvalue weighted by molar-refractivity contribution is 0.491. The van der Waals surface area contributed by atoms with E-state index >= 15 is 0 Å². The summed E-state index contributed by atoms with van der Waals surface area (Å²) in [5, 5.41) is 3.64. The van der Waals surface area contributed by atoms with Gasteiger partial charge in [-0.3, -0.25) is 0 Å². The SMILES string of the molecule is CCCNC(CCc1nccn1C)c1cccc(Br)c1.